The van der Waals surface area contributed by atoms with Crippen molar-refractivity contribution in [3.05, 3.63) is 28.2 Å². The fourth-order valence-corrected chi connectivity index (χ4v) is 3.48. The topological polar surface area (TPSA) is 26.8 Å². The largest absolute Gasteiger partial charge is 0.271 e. The van der Waals surface area contributed by atoms with E-state index in [-0.39, 0.29) is 0 Å². The predicted octanol–water partition coefficient (Wildman–Crippen LogP) is 2.46. The van der Waals surface area contributed by atoms with Crippen molar-refractivity contribution in [3.63, 3.8) is 0 Å². The summed E-state index contributed by atoms with van der Waals surface area (Å²) in [5.41, 5.74) is 0.579. The first-order valence-corrected chi connectivity index (χ1v) is 6.84. The molecule has 1 saturated heterocycles. The minimum Gasteiger partial charge on any atom is -0.271 e. The van der Waals surface area contributed by atoms with Gasteiger partial charge in [-0.1, -0.05) is 23.2 Å². The van der Waals surface area contributed by atoms with E-state index in [0.29, 0.717) is 20.8 Å². The van der Waals surface area contributed by atoms with E-state index in [1.54, 1.807) is 37.3 Å². The van der Waals surface area contributed by atoms with Gasteiger partial charge in [-0.05, 0) is 30.4 Å². The van der Waals surface area contributed by atoms with E-state index < -0.39 is 11.2 Å². The second-order valence-electron chi connectivity index (χ2n) is 3.39. The van der Waals surface area contributed by atoms with Crippen LogP contribution >= 0.6 is 35.4 Å². The first kappa shape index (κ1) is 13.0. The Morgan fingerprint density at radius 2 is 1.94 bits per heavy atom. The van der Waals surface area contributed by atoms with E-state index >= 15 is 0 Å². The van der Waals surface area contributed by atoms with Gasteiger partial charge in [0.2, 0.25) is 16.3 Å². The summed E-state index contributed by atoms with van der Waals surface area (Å²) in [7, 11) is 3.43. The van der Waals surface area contributed by atoms with Gasteiger partial charge in [-0.2, -0.15) is 0 Å². The Hall–Kier alpha value is -0.400. The van der Waals surface area contributed by atoms with Gasteiger partial charge in [-0.3, -0.25) is 5.01 Å². The third kappa shape index (κ3) is 2.15. The van der Waals surface area contributed by atoms with Crippen LogP contribution in [-0.4, -0.2) is 32.8 Å². The Balaban J connectivity index is 2.47. The standard InChI is InChI=1S/C9H9Cl2N3OS2/c1-12-9(16)14(17(15)13(12)2)8-4-3-6(10)5-7(8)11/h3-5H,1-2H3. The van der Waals surface area contributed by atoms with Gasteiger partial charge in [-0.25, -0.2) is 8.51 Å². The Morgan fingerprint density at radius 1 is 1.29 bits per heavy atom. The maximum atomic E-state index is 12.1. The molecule has 8 heteroatoms. The lowest BCUT2D eigenvalue weighted by molar-refractivity contribution is 0.251. The third-order valence-corrected chi connectivity index (χ3v) is 4.86. The van der Waals surface area contributed by atoms with Crippen molar-refractivity contribution >= 4 is 57.4 Å². The van der Waals surface area contributed by atoms with Crippen LogP contribution in [0, 0.1) is 0 Å². The average Bonchev–Trinajstić information content (AvgIpc) is 2.45. The molecule has 92 valence electrons. The Labute approximate surface area is 117 Å². The highest BCUT2D eigenvalue weighted by atomic mass is 35.5. The van der Waals surface area contributed by atoms with Crippen molar-refractivity contribution in [3.8, 4) is 0 Å². The maximum Gasteiger partial charge on any atom is 0.224 e. The second kappa shape index (κ2) is 4.70. The number of nitrogens with zero attached hydrogens (tertiary/aromatic N) is 3. The third-order valence-electron chi connectivity index (χ3n) is 2.38. The van der Waals surface area contributed by atoms with Gasteiger partial charge in [0.15, 0.2) is 0 Å². The highest BCUT2D eigenvalue weighted by molar-refractivity contribution is 7.89. The molecule has 0 amide bonds. The molecular formula is C9H9Cl2N3OS2. The van der Waals surface area contributed by atoms with Crippen LogP contribution in [0.15, 0.2) is 18.2 Å². The zero-order chi connectivity index (χ0) is 12.7. The minimum absolute atomic E-state index is 0.414. The van der Waals surface area contributed by atoms with Crippen LogP contribution in [0.4, 0.5) is 5.69 Å². The molecule has 0 aliphatic carbocycles. The van der Waals surface area contributed by atoms with Crippen LogP contribution in [0.25, 0.3) is 0 Å². The number of thiocarbonyl (C=S) groups is 1. The van der Waals surface area contributed by atoms with Gasteiger partial charge < -0.3 is 0 Å². The summed E-state index contributed by atoms with van der Waals surface area (Å²) in [6.45, 7) is 0. The molecule has 1 unspecified atom stereocenters. The predicted molar refractivity (Wildman–Crippen MR) is 75.2 cm³/mol. The molecule has 1 heterocycles. The van der Waals surface area contributed by atoms with Crippen LogP contribution in [0.1, 0.15) is 0 Å². The van der Waals surface area contributed by atoms with Crippen LogP contribution in [0.2, 0.25) is 10.0 Å². The first-order chi connectivity index (χ1) is 7.93. The molecule has 1 atom stereocenters. The molecule has 1 aliphatic heterocycles. The lowest BCUT2D eigenvalue weighted by Crippen LogP contribution is -2.32. The summed E-state index contributed by atoms with van der Waals surface area (Å²) in [6, 6.07) is 4.97. The molecule has 0 bridgehead atoms. The number of halogens is 2. The van der Waals surface area contributed by atoms with Gasteiger partial charge >= 0.3 is 0 Å². The van der Waals surface area contributed by atoms with Crippen molar-refractivity contribution < 1.29 is 4.21 Å². The minimum atomic E-state index is -1.41. The maximum absolute atomic E-state index is 12.1. The highest BCUT2D eigenvalue weighted by Gasteiger charge is 2.36. The lowest BCUT2D eigenvalue weighted by Gasteiger charge is -2.16. The van der Waals surface area contributed by atoms with Crippen LogP contribution < -0.4 is 4.31 Å². The monoisotopic (exact) mass is 309 g/mol. The van der Waals surface area contributed by atoms with Crippen LogP contribution in [-0.2, 0) is 11.2 Å². The fourth-order valence-electron chi connectivity index (χ4n) is 1.37. The summed E-state index contributed by atoms with van der Waals surface area (Å²) in [5.74, 6) is 0. The van der Waals surface area contributed by atoms with E-state index in [2.05, 4.69) is 0 Å². The van der Waals surface area contributed by atoms with Gasteiger partial charge in [0.1, 0.15) is 0 Å². The quantitative estimate of drug-likeness (QED) is 0.746. The van der Waals surface area contributed by atoms with E-state index in [0.717, 1.165) is 0 Å². The molecule has 0 spiro atoms. The van der Waals surface area contributed by atoms with Gasteiger partial charge in [0, 0.05) is 19.1 Å². The normalized spacial score (nSPS) is 21.4. The number of rotatable bonds is 1. The molecule has 4 nitrogen and oxygen atoms in total. The molecule has 1 aliphatic rings. The van der Waals surface area contributed by atoms with E-state index in [1.165, 1.54) is 8.72 Å². The zero-order valence-corrected chi connectivity index (χ0v) is 12.2. The molecule has 1 aromatic rings. The first-order valence-electron chi connectivity index (χ1n) is 4.62. The molecule has 0 aromatic heterocycles. The number of anilines is 1. The van der Waals surface area contributed by atoms with Gasteiger partial charge in [0.05, 0.1) is 10.7 Å². The molecule has 17 heavy (non-hydrogen) atoms. The molecule has 2 rings (SSSR count). The second-order valence-corrected chi connectivity index (χ2v) is 5.96. The Kier molecular flexibility index (Phi) is 3.61. The molecule has 0 N–H and O–H groups in total. The molecule has 1 fully saturated rings. The number of hydrogen-bond donors (Lipinski definition) is 0. The Morgan fingerprint density at radius 3 is 2.41 bits per heavy atom. The number of hydrogen-bond acceptors (Lipinski definition) is 2. The van der Waals surface area contributed by atoms with Gasteiger partial charge in [-0.15, -0.1) is 4.41 Å². The number of hydrazine groups is 1. The highest BCUT2D eigenvalue weighted by Crippen LogP contribution is 2.33. The molecule has 1 aromatic carbocycles. The van der Waals surface area contributed by atoms with Crippen molar-refractivity contribution in [2.24, 2.45) is 0 Å². The van der Waals surface area contributed by atoms with E-state index in [9.17, 15) is 4.21 Å². The smallest absolute Gasteiger partial charge is 0.224 e. The fraction of sp³-hybridized carbons (Fsp3) is 0.222. The van der Waals surface area contributed by atoms with E-state index in [4.69, 9.17) is 35.4 Å². The molecular weight excluding hydrogens is 301 g/mol. The summed E-state index contributed by atoms with van der Waals surface area (Å²) >= 11 is 15.7. The van der Waals surface area contributed by atoms with Crippen LogP contribution in [0.3, 0.4) is 0 Å². The van der Waals surface area contributed by atoms with Gasteiger partial charge in [0.25, 0.3) is 0 Å². The summed E-state index contributed by atoms with van der Waals surface area (Å²) in [4.78, 5) is 0. The lowest BCUT2D eigenvalue weighted by atomic mass is 10.3. The summed E-state index contributed by atoms with van der Waals surface area (Å²) in [6.07, 6.45) is 0. The van der Waals surface area contributed by atoms with Crippen molar-refractivity contribution in [2.45, 2.75) is 0 Å². The van der Waals surface area contributed by atoms with E-state index in [1.807, 2.05) is 0 Å². The van der Waals surface area contributed by atoms with Crippen molar-refractivity contribution in [1.29, 1.82) is 0 Å². The molecule has 0 saturated carbocycles. The zero-order valence-electron chi connectivity index (χ0n) is 9.05. The van der Waals surface area contributed by atoms with Crippen LogP contribution in [0.5, 0.6) is 0 Å². The summed E-state index contributed by atoms with van der Waals surface area (Å²) < 4.78 is 15.1. The average molecular weight is 310 g/mol. The molecule has 0 radical (unpaired) electrons. The SMILES string of the molecule is CN1C(=S)N(c2ccc(Cl)cc2Cl)S(=O)N1C. The van der Waals surface area contributed by atoms with Crippen molar-refractivity contribution in [1.82, 2.24) is 9.42 Å². The number of benzene rings is 1. The summed E-state index contributed by atoms with van der Waals surface area (Å²) in [5, 5.41) is 2.99. The van der Waals surface area contributed by atoms with Crippen molar-refractivity contribution in [2.75, 3.05) is 18.4 Å². The Bertz CT molecular complexity index is 491.